The Hall–Kier alpha value is -1.16. The standard InChI is InChI=1S/C17H21NOS/c19-17-8-9-18(12-14-5-2-1-3-6-14)13-15(17)11-16-7-4-10-20-16/h1-7,10,15,17,19H,8-9,11-13H2. The summed E-state index contributed by atoms with van der Waals surface area (Å²) in [4.78, 5) is 3.86. The summed E-state index contributed by atoms with van der Waals surface area (Å²) in [6.45, 7) is 2.99. The minimum absolute atomic E-state index is 0.149. The maximum absolute atomic E-state index is 10.2. The summed E-state index contributed by atoms with van der Waals surface area (Å²) in [6.07, 6.45) is 1.75. The summed E-state index contributed by atoms with van der Waals surface area (Å²) in [6, 6.07) is 14.9. The van der Waals surface area contributed by atoms with Crippen LogP contribution in [0.15, 0.2) is 47.8 Å². The van der Waals surface area contributed by atoms with Crippen molar-refractivity contribution in [3.8, 4) is 0 Å². The molecule has 0 aliphatic carbocycles. The average molecular weight is 287 g/mol. The number of hydrogen-bond donors (Lipinski definition) is 1. The van der Waals surface area contributed by atoms with Crippen LogP contribution in [-0.2, 0) is 13.0 Å². The average Bonchev–Trinajstić information content (AvgIpc) is 2.97. The minimum atomic E-state index is -0.149. The van der Waals surface area contributed by atoms with Crippen LogP contribution in [0, 0.1) is 5.92 Å². The second-order valence-corrected chi connectivity index (χ2v) is 6.65. The quantitative estimate of drug-likeness (QED) is 0.933. The highest BCUT2D eigenvalue weighted by atomic mass is 32.1. The maximum Gasteiger partial charge on any atom is 0.0596 e. The molecule has 1 aromatic heterocycles. The van der Waals surface area contributed by atoms with E-state index in [1.165, 1.54) is 10.4 Å². The van der Waals surface area contributed by atoms with E-state index in [4.69, 9.17) is 0 Å². The Morgan fingerprint density at radius 2 is 2.00 bits per heavy atom. The number of likely N-dealkylation sites (tertiary alicyclic amines) is 1. The molecule has 2 unspecified atom stereocenters. The highest BCUT2D eigenvalue weighted by Crippen LogP contribution is 2.24. The largest absolute Gasteiger partial charge is 0.393 e. The molecule has 2 aromatic rings. The normalized spacial score (nSPS) is 23.9. The van der Waals surface area contributed by atoms with E-state index < -0.39 is 0 Å². The van der Waals surface area contributed by atoms with E-state index in [9.17, 15) is 5.11 Å². The first kappa shape index (κ1) is 13.8. The van der Waals surface area contributed by atoms with E-state index in [2.05, 4.69) is 52.7 Å². The van der Waals surface area contributed by atoms with Gasteiger partial charge in [-0.2, -0.15) is 0 Å². The first-order valence-electron chi connectivity index (χ1n) is 7.28. The Balaban J connectivity index is 1.61. The van der Waals surface area contributed by atoms with Gasteiger partial charge in [0.25, 0.3) is 0 Å². The number of piperidine rings is 1. The van der Waals surface area contributed by atoms with Crippen molar-refractivity contribution in [2.75, 3.05) is 13.1 Å². The number of benzene rings is 1. The highest BCUT2D eigenvalue weighted by molar-refractivity contribution is 7.09. The van der Waals surface area contributed by atoms with Gasteiger partial charge in [-0.05, 0) is 29.9 Å². The predicted molar refractivity (Wildman–Crippen MR) is 83.9 cm³/mol. The van der Waals surface area contributed by atoms with Crippen LogP contribution < -0.4 is 0 Å². The summed E-state index contributed by atoms with van der Waals surface area (Å²) in [5.41, 5.74) is 1.36. The number of aliphatic hydroxyl groups excluding tert-OH is 1. The van der Waals surface area contributed by atoms with Crippen molar-refractivity contribution in [2.45, 2.75) is 25.5 Å². The van der Waals surface area contributed by atoms with Crippen LogP contribution in [0.4, 0.5) is 0 Å². The van der Waals surface area contributed by atoms with E-state index in [1.54, 1.807) is 11.3 Å². The monoisotopic (exact) mass is 287 g/mol. The molecular formula is C17H21NOS. The maximum atomic E-state index is 10.2. The van der Waals surface area contributed by atoms with Gasteiger partial charge in [0.05, 0.1) is 6.10 Å². The molecule has 1 aliphatic rings. The van der Waals surface area contributed by atoms with Gasteiger partial charge in [-0.15, -0.1) is 11.3 Å². The van der Waals surface area contributed by atoms with Crippen molar-refractivity contribution in [3.63, 3.8) is 0 Å². The third-order valence-corrected chi connectivity index (χ3v) is 4.97. The molecule has 0 spiro atoms. The number of rotatable bonds is 4. The number of aliphatic hydroxyl groups is 1. The summed E-state index contributed by atoms with van der Waals surface area (Å²) < 4.78 is 0. The first-order valence-corrected chi connectivity index (χ1v) is 8.16. The number of thiophene rings is 1. The molecule has 0 radical (unpaired) electrons. The van der Waals surface area contributed by atoms with Crippen molar-refractivity contribution in [3.05, 3.63) is 58.3 Å². The van der Waals surface area contributed by atoms with Gasteiger partial charge >= 0.3 is 0 Å². The molecule has 1 fully saturated rings. The van der Waals surface area contributed by atoms with Gasteiger partial charge in [0.2, 0.25) is 0 Å². The van der Waals surface area contributed by atoms with E-state index in [0.717, 1.165) is 32.5 Å². The zero-order valence-corrected chi connectivity index (χ0v) is 12.4. The third-order valence-electron chi connectivity index (χ3n) is 4.07. The fraction of sp³-hybridized carbons (Fsp3) is 0.412. The molecule has 106 valence electrons. The molecule has 0 bridgehead atoms. The lowest BCUT2D eigenvalue weighted by Crippen LogP contribution is -2.43. The zero-order valence-electron chi connectivity index (χ0n) is 11.6. The molecule has 0 saturated carbocycles. The summed E-state index contributed by atoms with van der Waals surface area (Å²) in [7, 11) is 0. The van der Waals surface area contributed by atoms with Crippen LogP contribution in [0.25, 0.3) is 0 Å². The molecule has 1 aromatic carbocycles. The molecule has 3 rings (SSSR count). The number of hydrogen-bond acceptors (Lipinski definition) is 3. The molecule has 0 amide bonds. The van der Waals surface area contributed by atoms with Gasteiger partial charge in [-0.25, -0.2) is 0 Å². The van der Waals surface area contributed by atoms with E-state index in [0.29, 0.717) is 5.92 Å². The van der Waals surface area contributed by atoms with Crippen LogP contribution in [0.1, 0.15) is 16.9 Å². The van der Waals surface area contributed by atoms with Gasteiger partial charge in [0.1, 0.15) is 0 Å². The van der Waals surface area contributed by atoms with Crippen molar-refractivity contribution in [1.82, 2.24) is 4.90 Å². The molecule has 1 aliphatic heterocycles. The lowest BCUT2D eigenvalue weighted by molar-refractivity contribution is 0.0243. The zero-order chi connectivity index (χ0) is 13.8. The van der Waals surface area contributed by atoms with Crippen molar-refractivity contribution < 1.29 is 5.11 Å². The number of nitrogens with zero attached hydrogens (tertiary/aromatic N) is 1. The minimum Gasteiger partial charge on any atom is -0.393 e. The van der Waals surface area contributed by atoms with Crippen molar-refractivity contribution >= 4 is 11.3 Å². The predicted octanol–water partition coefficient (Wildman–Crippen LogP) is 3.17. The lowest BCUT2D eigenvalue weighted by Gasteiger charge is -2.36. The van der Waals surface area contributed by atoms with Crippen LogP contribution in [0.2, 0.25) is 0 Å². The summed E-state index contributed by atoms with van der Waals surface area (Å²) in [5, 5.41) is 12.3. The summed E-state index contributed by atoms with van der Waals surface area (Å²) >= 11 is 1.79. The van der Waals surface area contributed by atoms with E-state index in [-0.39, 0.29) is 6.10 Å². The highest BCUT2D eigenvalue weighted by Gasteiger charge is 2.27. The Labute approximate surface area is 124 Å². The third kappa shape index (κ3) is 3.48. The molecule has 1 saturated heterocycles. The second kappa shape index (κ2) is 6.53. The molecular weight excluding hydrogens is 266 g/mol. The van der Waals surface area contributed by atoms with Crippen molar-refractivity contribution in [1.29, 1.82) is 0 Å². The fourth-order valence-electron chi connectivity index (χ4n) is 2.97. The van der Waals surface area contributed by atoms with Gasteiger partial charge < -0.3 is 5.11 Å². The van der Waals surface area contributed by atoms with Crippen LogP contribution in [-0.4, -0.2) is 29.2 Å². The SMILES string of the molecule is OC1CCN(Cc2ccccc2)CC1Cc1cccs1. The van der Waals surface area contributed by atoms with Gasteiger partial charge in [-0.1, -0.05) is 36.4 Å². The van der Waals surface area contributed by atoms with Gasteiger partial charge in [0.15, 0.2) is 0 Å². The molecule has 2 atom stereocenters. The second-order valence-electron chi connectivity index (χ2n) is 5.62. The molecule has 3 heteroatoms. The van der Waals surface area contributed by atoms with E-state index >= 15 is 0 Å². The van der Waals surface area contributed by atoms with Gasteiger partial charge in [-0.3, -0.25) is 4.90 Å². The topological polar surface area (TPSA) is 23.5 Å². The Morgan fingerprint density at radius 3 is 2.75 bits per heavy atom. The molecule has 20 heavy (non-hydrogen) atoms. The first-order chi connectivity index (χ1) is 9.81. The smallest absolute Gasteiger partial charge is 0.0596 e. The fourth-order valence-corrected chi connectivity index (χ4v) is 3.77. The van der Waals surface area contributed by atoms with Crippen molar-refractivity contribution in [2.24, 2.45) is 5.92 Å². The summed E-state index contributed by atoms with van der Waals surface area (Å²) in [5.74, 6) is 0.367. The van der Waals surface area contributed by atoms with Crippen LogP contribution in [0.3, 0.4) is 0 Å². The molecule has 1 N–H and O–H groups in total. The lowest BCUT2D eigenvalue weighted by atomic mass is 9.91. The Bertz CT molecular complexity index is 511. The Kier molecular flexibility index (Phi) is 4.51. The van der Waals surface area contributed by atoms with E-state index in [1.807, 2.05) is 0 Å². The Morgan fingerprint density at radius 1 is 1.15 bits per heavy atom. The van der Waals surface area contributed by atoms with Gasteiger partial charge in [0, 0.05) is 30.4 Å². The van der Waals surface area contributed by atoms with Crippen LogP contribution >= 0.6 is 11.3 Å². The molecule has 2 heterocycles. The van der Waals surface area contributed by atoms with Crippen LogP contribution in [0.5, 0.6) is 0 Å². The molecule has 2 nitrogen and oxygen atoms in total.